The number of nitrogens with one attached hydrogen (secondary N) is 2. The highest BCUT2D eigenvalue weighted by Crippen LogP contribution is 2.29. The predicted octanol–water partition coefficient (Wildman–Crippen LogP) is 3.23. The maximum atomic E-state index is 12.0. The first kappa shape index (κ1) is 16.0. The molecule has 0 aromatic carbocycles. The molecule has 114 valence electrons. The van der Waals surface area contributed by atoms with E-state index in [0.29, 0.717) is 18.3 Å². The van der Waals surface area contributed by atoms with Crippen molar-refractivity contribution in [1.82, 2.24) is 15.3 Å². The van der Waals surface area contributed by atoms with Crippen molar-refractivity contribution >= 4 is 44.9 Å². The number of fused-ring (bicyclic) bond motifs is 1. The van der Waals surface area contributed by atoms with Crippen LogP contribution in [0.4, 0.5) is 5.82 Å². The highest BCUT2D eigenvalue weighted by Gasteiger charge is 2.16. The van der Waals surface area contributed by atoms with Gasteiger partial charge in [0, 0.05) is 11.4 Å². The first-order chi connectivity index (χ1) is 9.86. The van der Waals surface area contributed by atoms with Gasteiger partial charge in [0.15, 0.2) is 0 Å². The Hall–Kier alpha value is -1.40. The number of aryl methyl sites for hydroxylation is 1. The van der Waals surface area contributed by atoms with Gasteiger partial charge in [0.2, 0.25) is 11.2 Å². The summed E-state index contributed by atoms with van der Waals surface area (Å²) >= 11 is 7.50. The third-order valence-electron chi connectivity index (χ3n) is 2.92. The van der Waals surface area contributed by atoms with Gasteiger partial charge in [0.25, 0.3) is 0 Å². The van der Waals surface area contributed by atoms with Gasteiger partial charge in [-0.2, -0.15) is 0 Å². The number of hydrogen-bond donors (Lipinski definition) is 2. The number of anilines is 1. The second-order valence-electron chi connectivity index (χ2n) is 5.42. The average molecular weight is 327 g/mol. The summed E-state index contributed by atoms with van der Waals surface area (Å²) in [5, 5.41) is 7.09. The number of nitrogens with zero attached hydrogens (tertiary/aromatic N) is 2. The fourth-order valence-electron chi connectivity index (χ4n) is 1.85. The third-order valence-corrected chi connectivity index (χ3v) is 4.03. The van der Waals surface area contributed by atoms with Crippen molar-refractivity contribution < 1.29 is 4.79 Å². The number of carbonyl (C=O) groups excluding carboxylic acids is 1. The van der Waals surface area contributed by atoms with E-state index in [1.54, 1.807) is 18.3 Å². The molecule has 7 heteroatoms. The zero-order chi connectivity index (χ0) is 15.6. The molecule has 0 aliphatic carbocycles. The molecular weight excluding hydrogens is 308 g/mol. The van der Waals surface area contributed by atoms with E-state index >= 15 is 0 Å². The smallest absolute Gasteiger partial charge is 0.242 e. The van der Waals surface area contributed by atoms with Crippen molar-refractivity contribution in [1.29, 1.82) is 0 Å². The van der Waals surface area contributed by atoms with Crippen molar-refractivity contribution in [2.24, 2.45) is 5.92 Å². The zero-order valence-corrected chi connectivity index (χ0v) is 14.1. The standard InChI is InChI=1S/C14H19ClN4OS/c1-7(2)6-16-12(20)9(4)17-11-10-5-8(3)21-13(10)19-14(15)18-11/h5,7,9H,6H2,1-4H3,(H,16,20)(H,17,18,19). The number of carbonyl (C=O) groups is 1. The van der Waals surface area contributed by atoms with Crippen LogP contribution in [0.25, 0.3) is 10.2 Å². The molecule has 2 N–H and O–H groups in total. The van der Waals surface area contributed by atoms with Crippen molar-refractivity contribution in [2.45, 2.75) is 33.7 Å². The minimum atomic E-state index is -0.391. The van der Waals surface area contributed by atoms with Crippen molar-refractivity contribution in [3.63, 3.8) is 0 Å². The number of amides is 1. The molecule has 0 fully saturated rings. The zero-order valence-electron chi connectivity index (χ0n) is 12.5. The van der Waals surface area contributed by atoms with Gasteiger partial charge in [-0.15, -0.1) is 11.3 Å². The molecule has 0 saturated carbocycles. The van der Waals surface area contributed by atoms with Crippen LogP contribution in [0.15, 0.2) is 6.07 Å². The van der Waals surface area contributed by atoms with Crippen LogP contribution in [0.3, 0.4) is 0 Å². The van der Waals surface area contributed by atoms with Gasteiger partial charge in [-0.3, -0.25) is 4.79 Å². The van der Waals surface area contributed by atoms with Crippen LogP contribution in [-0.2, 0) is 4.79 Å². The lowest BCUT2D eigenvalue weighted by Gasteiger charge is -2.16. The molecule has 1 unspecified atom stereocenters. The molecule has 5 nitrogen and oxygen atoms in total. The summed E-state index contributed by atoms with van der Waals surface area (Å²) in [6.07, 6.45) is 0. The van der Waals surface area contributed by atoms with E-state index in [2.05, 4.69) is 34.4 Å². The molecule has 0 aliphatic rings. The van der Waals surface area contributed by atoms with Crippen molar-refractivity contribution in [3.8, 4) is 0 Å². The minimum absolute atomic E-state index is 0.0569. The summed E-state index contributed by atoms with van der Waals surface area (Å²) < 4.78 is 0. The Morgan fingerprint density at radius 2 is 2.10 bits per heavy atom. The molecule has 2 aromatic rings. The van der Waals surface area contributed by atoms with Gasteiger partial charge in [0.05, 0.1) is 5.39 Å². The Morgan fingerprint density at radius 3 is 2.76 bits per heavy atom. The Kier molecular flexibility index (Phi) is 5.00. The van der Waals surface area contributed by atoms with E-state index < -0.39 is 6.04 Å². The Balaban J connectivity index is 2.17. The highest BCUT2D eigenvalue weighted by molar-refractivity contribution is 7.18. The lowest BCUT2D eigenvalue weighted by Crippen LogP contribution is -2.39. The van der Waals surface area contributed by atoms with Gasteiger partial charge < -0.3 is 10.6 Å². The number of thiophene rings is 1. The van der Waals surface area contributed by atoms with Crippen molar-refractivity contribution in [3.05, 3.63) is 16.2 Å². The van der Waals surface area contributed by atoms with E-state index in [0.717, 1.165) is 15.1 Å². The molecule has 2 heterocycles. The summed E-state index contributed by atoms with van der Waals surface area (Å²) in [4.78, 5) is 22.4. The fourth-order valence-corrected chi connectivity index (χ4v) is 2.95. The van der Waals surface area contributed by atoms with Crippen molar-refractivity contribution in [2.75, 3.05) is 11.9 Å². The van der Waals surface area contributed by atoms with E-state index in [9.17, 15) is 4.79 Å². The van der Waals surface area contributed by atoms with E-state index in [4.69, 9.17) is 11.6 Å². The third kappa shape index (κ3) is 4.04. The second-order valence-corrected chi connectivity index (χ2v) is 6.99. The van der Waals surface area contributed by atoms with Crippen LogP contribution in [0, 0.1) is 12.8 Å². The molecule has 2 rings (SSSR count). The topological polar surface area (TPSA) is 66.9 Å². The van der Waals surface area contributed by atoms with E-state index in [-0.39, 0.29) is 11.2 Å². The molecule has 0 saturated heterocycles. The summed E-state index contributed by atoms with van der Waals surface area (Å²) in [6, 6.07) is 1.61. The Labute approximate surface area is 133 Å². The average Bonchev–Trinajstić information content (AvgIpc) is 2.76. The van der Waals surface area contributed by atoms with Gasteiger partial charge in [0.1, 0.15) is 16.7 Å². The Morgan fingerprint density at radius 1 is 1.38 bits per heavy atom. The van der Waals surface area contributed by atoms with Gasteiger partial charge in [-0.25, -0.2) is 9.97 Å². The van der Waals surface area contributed by atoms with Crippen LogP contribution in [0.1, 0.15) is 25.6 Å². The van der Waals surface area contributed by atoms with Crippen LogP contribution >= 0.6 is 22.9 Å². The quantitative estimate of drug-likeness (QED) is 0.828. The molecule has 21 heavy (non-hydrogen) atoms. The molecule has 0 aliphatic heterocycles. The first-order valence-electron chi connectivity index (χ1n) is 6.84. The largest absolute Gasteiger partial charge is 0.358 e. The fraction of sp³-hybridized carbons (Fsp3) is 0.500. The molecular formula is C14H19ClN4OS. The molecule has 0 spiro atoms. The van der Waals surface area contributed by atoms with E-state index in [1.807, 2.05) is 13.0 Å². The second kappa shape index (κ2) is 6.58. The van der Waals surface area contributed by atoms with Crippen LogP contribution in [-0.4, -0.2) is 28.5 Å². The highest BCUT2D eigenvalue weighted by atomic mass is 35.5. The van der Waals surface area contributed by atoms with Gasteiger partial charge in [-0.05, 0) is 37.4 Å². The van der Waals surface area contributed by atoms with Crippen LogP contribution in [0.5, 0.6) is 0 Å². The summed E-state index contributed by atoms with van der Waals surface area (Å²) in [7, 11) is 0. The molecule has 1 amide bonds. The lowest BCUT2D eigenvalue weighted by molar-refractivity contribution is -0.121. The van der Waals surface area contributed by atoms with Gasteiger partial charge in [-0.1, -0.05) is 13.8 Å². The van der Waals surface area contributed by atoms with Crippen LogP contribution in [0.2, 0.25) is 5.28 Å². The molecule has 1 atom stereocenters. The molecule has 2 aromatic heterocycles. The SMILES string of the molecule is Cc1cc2c(NC(C)C(=O)NCC(C)C)nc(Cl)nc2s1. The molecule has 0 bridgehead atoms. The van der Waals surface area contributed by atoms with Crippen LogP contribution < -0.4 is 10.6 Å². The Bertz CT molecular complexity index is 656. The monoisotopic (exact) mass is 326 g/mol. The summed E-state index contributed by atoms with van der Waals surface area (Å²) in [5.41, 5.74) is 0. The first-order valence-corrected chi connectivity index (χ1v) is 8.04. The summed E-state index contributed by atoms with van der Waals surface area (Å²) in [6.45, 7) is 8.57. The minimum Gasteiger partial charge on any atom is -0.358 e. The van der Waals surface area contributed by atoms with Gasteiger partial charge >= 0.3 is 0 Å². The number of hydrogen-bond acceptors (Lipinski definition) is 5. The predicted molar refractivity (Wildman–Crippen MR) is 88.1 cm³/mol. The maximum Gasteiger partial charge on any atom is 0.242 e. The number of rotatable bonds is 5. The lowest BCUT2D eigenvalue weighted by atomic mass is 10.2. The maximum absolute atomic E-state index is 12.0. The molecule has 0 radical (unpaired) electrons. The number of halogens is 1. The summed E-state index contributed by atoms with van der Waals surface area (Å²) in [5.74, 6) is 0.959. The normalized spacial score (nSPS) is 12.7. The number of aromatic nitrogens is 2. The van der Waals surface area contributed by atoms with E-state index in [1.165, 1.54) is 0 Å².